The molecule has 1 aliphatic heterocycles. The minimum atomic E-state index is -0.0190. The van der Waals surface area contributed by atoms with Crippen LogP contribution < -0.4 is 14.8 Å². The molecule has 1 fully saturated rings. The molecule has 0 radical (unpaired) electrons. The average Bonchev–Trinajstić information content (AvgIpc) is 3.11. The van der Waals surface area contributed by atoms with E-state index < -0.39 is 0 Å². The van der Waals surface area contributed by atoms with E-state index >= 15 is 0 Å². The molecule has 1 aliphatic rings. The predicted octanol–water partition coefficient (Wildman–Crippen LogP) is 2.90. The maximum absolute atomic E-state index is 8.92. The van der Waals surface area contributed by atoms with Gasteiger partial charge >= 0.3 is 0 Å². The van der Waals surface area contributed by atoms with Crippen LogP contribution in [0.3, 0.4) is 0 Å². The molecule has 6 heteroatoms. The normalized spacial score (nSPS) is 17.5. The van der Waals surface area contributed by atoms with Crippen molar-refractivity contribution in [2.24, 2.45) is 16.8 Å². The van der Waals surface area contributed by atoms with Gasteiger partial charge in [-0.05, 0) is 49.3 Å². The van der Waals surface area contributed by atoms with Gasteiger partial charge in [-0.2, -0.15) is 0 Å². The van der Waals surface area contributed by atoms with Gasteiger partial charge in [0, 0.05) is 19.6 Å². The number of nitrogens with one attached hydrogen (secondary N) is 1. The fraction of sp³-hybridized carbons (Fsp3) is 0.667. The van der Waals surface area contributed by atoms with Crippen LogP contribution >= 0.6 is 0 Å². The molecule has 1 atom stereocenters. The fourth-order valence-corrected chi connectivity index (χ4v) is 3.56. The van der Waals surface area contributed by atoms with Gasteiger partial charge in [-0.3, -0.25) is 0 Å². The average molecular weight is 378 g/mol. The number of aliphatic imine (C=N–C) groups is 1. The standard InChI is InChI=1S/C21H35N3O3/c1-5-22-21(24-9-8-18(15-24)12-16(2)3)23-14-17-6-7-19(27-11-10-25)20(13-17)26-4/h6-7,13,16,18,25H,5,8-12,14-15H2,1-4H3,(H,22,23). The molecule has 152 valence electrons. The number of hydrogen-bond acceptors (Lipinski definition) is 4. The highest BCUT2D eigenvalue weighted by Crippen LogP contribution is 2.28. The summed E-state index contributed by atoms with van der Waals surface area (Å²) in [6.45, 7) is 10.5. The lowest BCUT2D eigenvalue weighted by atomic mass is 9.97. The van der Waals surface area contributed by atoms with Crippen LogP contribution in [0.5, 0.6) is 11.5 Å². The van der Waals surface area contributed by atoms with Crippen molar-refractivity contribution in [2.75, 3.05) is 40.0 Å². The second kappa shape index (κ2) is 11.0. The van der Waals surface area contributed by atoms with Gasteiger partial charge in [0.1, 0.15) is 6.61 Å². The molecular weight excluding hydrogens is 342 g/mol. The van der Waals surface area contributed by atoms with E-state index in [1.807, 2.05) is 18.2 Å². The van der Waals surface area contributed by atoms with E-state index in [1.54, 1.807) is 7.11 Å². The maximum Gasteiger partial charge on any atom is 0.194 e. The first kappa shape index (κ1) is 21.4. The number of aliphatic hydroxyl groups excluding tert-OH is 1. The molecule has 0 saturated carbocycles. The van der Waals surface area contributed by atoms with Gasteiger partial charge in [0.05, 0.1) is 20.3 Å². The Morgan fingerprint density at radius 3 is 2.85 bits per heavy atom. The molecule has 0 spiro atoms. The molecule has 1 aromatic rings. The largest absolute Gasteiger partial charge is 0.493 e. The number of benzene rings is 1. The van der Waals surface area contributed by atoms with Crippen LogP contribution in [0.15, 0.2) is 23.2 Å². The van der Waals surface area contributed by atoms with Crippen LogP contribution in [0.1, 0.15) is 39.2 Å². The van der Waals surface area contributed by atoms with Crippen LogP contribution in [0.4, 0.5) is 0 Å². The minimum Gasteiger partial charge on any atom is -0.493 e. The molecule has 27 heavy (non-hydrogen) atoms. The number of ether oxygens (including phenoxy) is 2. The van der Waals surface area contributed by atoms with E-state index in [9.17, 15) is 0 Å². The zero-order valence-electron chi connectivity index (χ0n) is 17.2. The highest BCUT2D eigenvalue weighted by molar-refractivity contribution is 5.80. The summed E-state index contributed by atoms with van der Waals surface area (Å²) in [5.74, 6) is 3.80. The molecule has 6 nitrogen and oxygen atoms in total. The van der Waals surface area contributed by atoms with Crippen molar-refractivity contribution in [1.82, 2.24) is 10.2 Å². The SMILES string of the molecule is CCNC(=NCc1ccc(OCCO)c(OC)c1)N1CCC(CC(C)C)C1. The second-order valence-electron chi connectivity index (χ2n) is 7.46. The quantitative estimate of drug-likeness (QED) is 0.512. The zero-order valence-corrected chi connectivity index (χ0v) is 17.2. The fourth-order valence-electron chi connectivity index (χ4n) is 3.56. The van der Waals surface area contributed by atoms with Crippen molar-refractivity contribution in [3.63, 3.8) is 0 Å². The number of methoxy groups -OCH3 is 1. The Morgan fingerprint density at radius 1 is 1.37 bits per heavy atom. The van der Waals surface area contributed by atoms with E-state index in [-0.39, 0.29) is 13.2 Å². The number of guanidine groups is 1. The van der Waals surface area contributed by atoms with Gasteiger partial charge in [0.25, 0.3) is 0 Å². The Labute approximate surface area is 163 Å². The van der Waals surface area contributed by atoms with Crippen LogP contribution in [0.2, 0.25) is 0 Å². The molecular formula is C21H35N3O3. The zero-order chi connectivity index (χ0) is 19.6. The van der Waals surface area contributed by atoms with Crippen molar-refractivity contribution in [1.29, 1.82) is 0 Å². The summed E-state index contributed by atoms with van der Waals surface area (Å²) >= 11 is 0. The Kier molecular flexibility index (Phi) is 8.72. The lowest BCUT2D eigenvalue weighted by Crippen LogP contribution is -2.40. The van der Waals surface area contributed by atoms with Crippen molar-refractivity contribution in [3.05, 3.63) is 23.8 Å². The lowest BCUT2D eigenvalue weighted by Gasteiger charge is -2.22. The van der Waals surface area contributed by atoms with Crippen LogP contribution in [0.25, 0.3) is 0 Å². The van der Waals surface area contributed by atoms with Crippen LogP contribution in [0, 0.1) is 11.8 Å². The van der Waals surface area contributed by atoms with E-state index in [2.05, 4.69) is 31.0 Å². The number of rotatable bonds is 9. The Bertz CT molecular complexity index is 604. The van der Waals surface area contributed by atoms with Crippen LogP contribution in [-0.4, -0.2) is 55.9 Å². The second-order valence-corrected chi connectivity index (χ2v) is 7.46. The molecule has 0 bridgehead atoms. The molecule has 1 unspecified atom stereocenters. The van der Waals surface area contributed by atoms with Crippen molar-refractivity contribution >= 4 is 5.96 Å². The molecule has 2 rings (SSSR count). The van der Waals surface area contributed by atoms with Crippen molar-refractivity contribution in [2.45, 2.75) is 40.2 Å². The molecule has 0 amide bonds. The minimum absolute atomic E-state index is 0.0190. The van der Waals surface area contributed by atoms with Gasteiger partial charge in [-0.15, -0.1) is 0 Å². The summed E-state index contributed by atoms with van der Waals surface area (Å²) in [6.07, 6.45) is 2.52. The topological polar surface area (TPSA) is 66.3 Å². The number of hydrogen-bond donors (Lipinski definition) is 2. The van der Waals surface area contributed by atoms with Gasteiger partial charge in [0.2, 0.25) is 0 Å². The lowest BCUT2D eigenvalue weighted by molar-refractivity contribution is 0.196. The van der Waals surface area contributed by atoms with Crippen molar-refractivity contribution in [3.8, 4) is 11.5 Å². The summed E-state index contributed by atoms with van der Waals surface area (Å²) < 4.78 is 10.9. The summed E-state index contributed by atoms with van der Waals surface area (Å²) in [5, 5.41) is 12.3. The van der Waals surface area contributed by atoms with E-state index in [4.69, 9.17) is 19.6 Å². The van der Waals surface area contributed by atoms with E-state index in [1.165, 1.54) is 12.8 Å². The highest BCUT2D eigenvalue weighted by atomic mass is 16.5. The smallest absolute Gasteiger partial charge is 0.194 e. The number of aliphatic hydroxyl groups is 1. The third-order valence-electron chi connectivity index (χ3n) is 4.71. The summed E-state index contributed by atoms with van der Waals surface area (Å²) in [7, 11) is 1.62. The monoisotopic (exact) mass is 377 g/mol. The van der Waals surface area contributed by atoms with Crippen molar-refractivity contribution < 1.29 is 14.6 Å². The summed E-state index contributed by atoms with van der Waals surface area (Å²) in [6, 6.07) is 5.82. The van der Waals surface area contributed by atoms with Gasteiger partial charge in [0.15, 0.2) is 17.5 Å². The number of likely N-dealkylation sites (tertiary alicyclic amines) is 1. The Balaban J connectivity index is 2.04. The van der Waals surface area contributed by atoms with Crippen LogP contribution in [-0.2, 0) is 6.54 Å². The first-order chi connectivity index (χ1) is 13.1. The van der Waals surface area contributed by atoms with E-state index in [0.29, 0.717) is 18.0 Å². The van der Waals surface area contributed by atoms with Gasteiger partial charge in [-0.25, -0.2) is 4.99 Å². The first-order valence-electron chi connectivity index (χ1n) is 10.0. The Hall–Kier alpha value is -1.95. The van der Waals surface area contributed by atoms with E-state index in [0.717, 1.165) is 43.0 Å². The third-order valence-corrected chi connectivity index (χ3v) is 4.71. The predicted molar refractivity (Wildman–Crippen MR) is 110 cm³/mol. The molecule has 1 aromatic carbocycles. The Morgan fingerprint density at radius 2 is 2.19 bits per heavy atom. The maximum atomic E-state index is 8.92. The number of nitrogens with zero attached hydrogens (tertiary/aromatic N) is 2. The summed E-state index contributed by atoms with van der Waals surface area (Å²) in [4.78, 5) is 7.22. The molecule has 0 aliphatic carbocycles. The molecule has 1 saturated heterocycles. The molecule has 0 aromatic heterocycles. The molecule has 2 N–H and O–H groups in total. The first-order valence-corrected chi connectivity index (χ1v) is 10.0. The molecule has 1 heterocycles. The van der Waals surface area contributed by atoms with Gasteiger partial charge in [-0.1, -0.05) is 19.9 Å². The summed E-state index contributed by atoms with van der Waals surface area (Å²) in [5.41, 5.74) is 1.07. The third kappa shape index (κ3) is 6.61. The highest BCUT2D eigenvalue weighted by Gasteiger charge is 2.25. The van der Waals surface area contributed by atoms with Gasteiger partial charge < -0.3 is 24.8 Å².